The van der Waals surface area contributed by atoms with E-state index in [2.05, 4.69) is 10.3 Å². The summed E-state index contributed by atoms with van der Waals surface area (Å²) >= 11 is 0. The lowest BCUT2D eigenvalue weighted by molar-refractivity contribution is -0.385. The fourth-order valence-electron chi connectivity index (χ4n) is 2.81. The predicted octanol–water partition coefficient (Wildman–Crippen LogP) is 1.87. The molecule has 2 heterocycles. The number of amides is 1. The second kappa shape index (κ2) is 8.39. The quantitative estimate of drug-likeness (QED) is 0.627. The van der Waals surface area contributed by atoms with Gasteiger partial charge in [0.2, 0.25) is 5.91 Å². The first kappa shape index (κ1) is 17.8. The van der Waals surface area contributed by atoms with Gasteiger partial charge in [-0.2, -0.15) is 0 Å². The van der Waals surface area contributed by atoms with Crippen LogP contribution in [0.3, 0.4) is 0 Å². The summed E-state index contributed by atoms with van der Waals surface area (Å²) in [6, 6.07) is 12.1. The maximum atomic E-state index is 13.0. The molecule has 136 valence electrons. The summed E-state index contributed by atoms with van der Waals surface area (Å²) < 4.78 is 5.31. The number of carbonyl (C=O) groups excluding carboxylic acids is 1. The highest BCUT2D eigenvalue weighted by Gasteiger charge is 2.26. The molecule has 26 heavy (non-hydrogen) atoms. The van der Waals surface area contributed by atoms with Crippen LogP contribution in [0.4, 0.5) is 11.5 Å². The van der Waals surface area contributed by atoms with E-state index in [0.717, 1.165) is 5.56 Å². The van der Waals surface area contributed by atoms with E-state index in [0.29, 0.717) is 38.5 Å². The zero-order chi connectivity index (χ0) is 18.4. The predicted molar refractivity (Wildman–Crippen MR) is 95.8 cm³/mol. The Balaban J connectivity index is 1.77. The van der Waals surface area contributed by atoms with Crippen molar-refractivity contribution in [3.05, 3.63) is 64.3 Å². The molecule has 0 saturated carbocycles. The van der Waals surface area contributed by atoms with Crippen LogP contribution >= 0.6 is 0 Å². The third-order valence-corrected chi connectivity index (χ3v) is 4.18. The minimum absolute atomic E-state index is 0.0303. The maximum Gasteiger partial charge on any atom is 0.287 e. The maximum absolute atomic E-state index is 13.0. The molecule has 0 aliphatic carbocycles. The van der Waals surface area contributed by atoms with Crippen LogP contribution in [0.25, 0.3) is 0 Å². The topological polar surface area (TPSA) is 97.6 Å². The van der Waals surface area contributed by atoms with Gasteiger partial charge in [0.25, 0.3) is 5.69 Å². The van der Waals surface area contributed by atoms with Crippen molar-refractivity contribution in [1.82, 2.24) is 9.88 Å². The molecule has 1 aromatic carbocycles. The van der Waals surface area contributed by atoms with Gasteiger partial charge in [0.05, 0.1) is 18.1 Å². The first-order chi connectivity index (χ1) is 12.6. The number of nitro groups is 1. The summed E-state index contributed by atoms with van der Waals surface area (Å²) in [5, 5.41) is 13.9. The molecule has 0 radical (unpaired) electrons. The van der Waals surface area contributed by atoms with Gasteiger partial charge in [-0.1, -0.05) is 30.3 Å². The SMILES string of the molecule is O=C(C(Cc1ccccc1)Nc1ccc([N+](=O)[O-])cn1)N1CCOCC1. The monoisotopic (exact) mass is 356 g/mol. The molecule has 1 aliphatic rings. The molecule has 8 nitrogen and oxygen atoms in total. The molecule has 2 aromatic rings. The molecule has 0 bridgehead atoms. The number of pyridine rings is 1. The van der Waals surface area contributed by atoms with Gasteiger partial charge in [-0.25, -0.2) is 4.98 Å². The van der Waals surface area contributed by atoms with Crippen LogP contribution in [-0.2, 0) is 16.0 Å². The molecule has 1 aliphatic heterocycles. The van der Waals surface area contributed by atoms with E-state index in [1.807, 2.05) is 30.3 Å². The number of aromatic nitrogens is 1. The number of nitrogens with one attached hydrogen (secondary N) is 1. The first-order valence-electron chi connectivity index (χ1n) is 8.41. The fraction of sp³-hybridized carbons (Fsp3) is 0.333. The molecule has 1 atom stereocenters. The Bertz CT molecular complexity index is 746. The molecule has 8 heteroatoms. The van der Waals surface area contributed by atoms with Crippen molar-refractivity contribution in [1.29, 1.82) is 0 Å². The van der Waals surface area contributed by atoms with Gasteiger partial charge in [0.1, 0.15) is 18.1 Å². The summed E-state index contributed by atoms with van der Waals surface area (Å²) in [6.45, 7) is 2.16. The summed E-state index contributed by atoms with van der Waals surface area (Å²) in [6.07, 6.45) is 1.68. The highest BCUT2D eigenvalue weighted by molar-refractivity contribution is 5.85. The van der Waals surface area contributed by atoms with E-state index >= 15 is 0 Å². The van der Waals surface area contributed by atoms with Crippen molar-refractivity contribution < 1.29 is 14.5 Å². The molecular formula is C18H20N4O4. The lowest BCUT2D eigenvalue weighted by Crippen LogP contribution is -2.48. The number of nitrogens with zero attached hydrogens (tertiary/aromatic N) is 3. The average Bonchev–Trinajstić information content (AvgIpc) is 2.69. The van der Waals surface area contributed by atoms with Crippen LogP contribution < -0.4 is 5.32 Å². The van der Waals surface area contributed by atoms with Gasteiger partial charge < -0.3 is 15.0 Å². The zero-order valence-corrected chi connectivity index (χ0v) is 14.2. The molecule has 3 rings (SSSR count). The number of carbonyl (C=O) groups is 1. The van der Waals surface area contributed by atoms with Crippen LogP contribution in [0, 0.1) is 10.1 Å². The average molecular weight is 356 g/mol. The van der Waals surface area contributed by atoms with E-state index in [1.54, 1.807) is 4.90 Å². The number of benzene rings is 1. The molecule has 1 aromatic heterocycles. The van der Waals surface area contributed by atoms with Gasteiger partial charge >= 0.3 is 0 Å². The number of morpholine rings is 1. The normalized spacial score (nSPS) is 15.3. The van der Waals surface area contributed by atoms with E-state index in [4.69, 9.17) is 4.74 Å². The highest BCUT2D eigenvalue weighted by atomic mass is 16.6. The Morgan fingerprint density at radius 1 is 1.23 bits per heavy atom. The summed E-state index contributed by atoms with van der Waals surface area (Å²) in [5.41, 5.74) is 0.934. The van der Waals surface area contributed by atoms with Gasteiger partial charge in [-0.15, -0.1) is 0 Å². The van der Waals surface area contributed by atoms with Crippen molar-refractivity contribution in [3.63, 3.8) is 0 Å². The lowest BCUT2D eigenvalue weighted by Gasteiger charge is -2.31. The molecule has 1 amide bonds. The molecule has 1 fully saturated rings. The number of ether oxygens (including phenoxy) is 1. The third kappa shape index (κ3) is 4.54. The second-order valence-electron chi connectivity index (χ2n) is 5.98. The van der Waals surface area contributed by atoms with Crippen molar-refractivity contribution >= 4 is 17.4 Å². The molecular weight excluding hydrogens is 336 g/mol. The molecule has 1 saturated heterocycles. The molecule has 1 N–H and O–H groups in total. The Kier molecular flexibility index (Phi) is 5.75. The smallest absolute Gasteiger partial charge is 0.287 e. The van der Waals surface area contributed by atoms with Gasteiger partial charge in [-0.3, -0.25) is 14.9 Å². The number of anilines is 1. The van der Waals surface area contributed by atoms with Gasteiger partial charge in [-0.05, 0) is 11.6 Å². The Morgan fingerprint density at radius 3 is 2.58 bits per heavy atom. The van der Waals surface area contributed by atoms with E-state index in [9.17, 15) is 14.9 Å². The van der Waals surface area contributed by atoms with Crippen LogP contribution in [0.15, 0.2) is 48.7 Å². The van der Waals surface area contributed by atoms with E-state index in [-0.39, 0.29) is 11.6 Å². The van der Waals surface area contributed by atoms with Gasteiger partial charge in [0, 0.05) is 25.6 Å². The standard InChI is InChI=1S/C18H20N4O4/c23-18(21-8-10-26-11-9-21)16(12-14-4-2-1-3-5-14)20-17-7-6-15(13-19-17)22(24)25/h1-7,13,16H,8-12H2,(H,19,20). The van der Waals surface area contributed by atoms with E-state index in [1.165, 1.54) is 18.3 Å². The number of hydrogen-bond donors (Lipinski definition) is 1. The van der Waals surface area contributed by atoms with Crippen molar-refractivity contribution in [2.75, 3.05) is 31.6 Å². The second-order valence-corrected chi connectivity index (χ2v) is 5.98. The van der Waals surface area contributed by atoms with Crippen molar-refractivity contribution in [3.8, 4) is 0 Å². The summed E-state index contributed by atoms with van der Waals surface area (Å²) in [7, 11) is 0. The highest BCUT2D eigenvalue weighted by Crippen LogP contribution is 2.16. The Labute approximate surface area is 150 Å². The van der Waals surface area contributed by atoms with E-state index < -0.39 is 11.0 Å². The molecule has 0 spiro atoms. The van der Waals surface area contributed by atoms with Gasteiger partial charge in [0.15, 0.2) is 0 Å². The Hall–Kier alpha value is -3.00. The summed E-state index contributed by atoms with van der Waals surface area (Å²) in [4.78, 5) is 29.0. The fourth-order valence-corrected chi connectivity index (χ4v) is 2.81. The van der Waals surface area contributed by atoms with Crippen LogP contribution in [-0.4, -0.2) is 53.1 Å². The van der Waals surface area contributed by atoms with Crippen LogP contribution in [0.1, 0.15) is 5.56 Å². The minimum Gasteiger partial charge on any atom is -0.378 e. The van der Waals surface area contributed by atoms with Crippen LogP contribution in [0.5, 0.6) is 0 Å². The van der Waals surface area contributed by atoms with Crippen molar-refractivity contribution in [2.45, 2.75) is 12.5 Å². The largest absolute Gasteiger partial charge is 0.378 e. The third-order valence-electron chi connectivity index (χ3n) is 4.18. The minimum atomic E-state index is -0.510. The summed E-state index contributed by atoms with van der Waals surface area (Å²) in [5.74, 6) is 0.399. The van der Waals surface area contributed by atoms with Crippen LogP contribution in [0.2, 0.25) is 0 Å². The number of hydrogen-bond acceptors (Lipinski definition) is 6. The lowest BCUT2D eigenvalue weighted by atomic mass is 10.0. The number of rotatable bonds is 6. The Morgan fingerprint density at radius 2 is 1.96 bits per heavy atom. The zero-order valence-electron chi connectivity index (χ0n) is 14.2. The van der Waals surface area contributed by atoms with Crippen molar-refractivity contribution in [2.24, 2.45) is 0 Å². The first-order valence-corrected chi connectivity index (χ1v) is 8.41. The molecule has 1 unspecified atom stereocenters.